The van der Waals surface area contributed by atoms with Gasteiger partial charge >= 0.3 is 0 Å². The Balaban J connectivity index is 2.06. The Labute approximate surface area is 125 Å². The molecule has 0 spiro atoms. The van der Waals surface area contributed by atoms with Crippen LogP contribution in [-0.2, 0) is 11.3 Å². The number of pyridine rings is 1. The van der Waals surface area contributed by atoms with Gasteiger partial charge in [0.25, 0.3) is 0 Å². The van der Waals surface area contributed by atoms with Crippen molar-refractivity contribution in [1.29, 1.82) is 0 Å². The van der Waals surface area contributed by atoms with Gasteiger partial charge in [-0.3, -0.25) is 0 Å². The molecule has 2 aromatic rings. The summed E-state index contributed by atoms with van der Waals surface area (Å²) in [6, 6.07) is 10.3. The number of para-hydroxylation sites is 1. The summed E-state index contributed by atoms with van der Waals surface area (Å²) >= 11 is 0. The van der Waals surface area contributed by atoms with Crippen LogP contribution in [0.5, 0.6) is 0 Å². The monoisotopic (exact) mass is 285 g/mol. The van der Waals surface area contributed by atoms with Crippen LogP contribution in [0.4, 0.5) is 5.82 Å². The number of hydrogen-bond acceptors (Lipinski definition) is 4. The lowest BCUT2D eigenvalue weighted by molar-refractivity contribution is -0.0751. The molecule has 0 bridgehead atoms. The van der Waals surface area contributed by atoms with Crippen molar-refractivity contribution >= 4 is 16.7 Å². The first kappa shape index (κ1) is 14.3. The molecule has 112 valence electrons. The summed E-state index contributed by atoms with van der Waals surface area (Å²) < 4.78 is 5.99. The molecule has 1 fully saturated rings. The largest absolute Gasteiger partial charge is 0.369 e. The van der Waals surface area contributed by atoms with Crippen LogP contribution in [0.15, 0.2) is 30.3 Å². The molecule has 2 heterocycles. The first-order valence-corrected chi connectivity index (χ1v) is 7.50. The molecule has 1 saturated heterocycles. The normalized spacial score (nSPS) is 21.7. The van der Waals surface area contributed by atoms with Gasteiger partial charge in [0.05, 0.1) is 17.2 Å². The highest BCUT2D eigenvalue weighted by Gasteiger charge is 2.32. The van der Waals surface area contributed by atoms with Crippen LogP contribution in [0.25, 0.3) is 10.9 Å². The third-order valence-electron chi connectivity index (χ3n) is 3.87. The maximum atomic E-state index is 5.99. The lowest BCUT2D eigenvalue weighted by Crippen LogP contribution is -2.52. The molecule has 1 aromatic carbocycles. The van der Waals surface area contributed by atoms with Gasteiger partial charge in [0.1, 0.15) is 5.82 Å². The molecule has 0 aliphatic carbocycles. The number of ether oxygens (including phenoxy) is 1. The molecular weight excluding hydrogens is 262 g/mol. The number of nitrogens with zero attached hydrogens (tertiary/aromatic N) is 2. The highest BCUT2D eigenvalue weighted by Crippen LogP contribution is 2.29. The molecule has 2 N–H and O–H groups in total. The van der Waals surface area contributed by atoms with Gasteiger partial charge in [-0.15, -0.1) is 0 Å². The van der Waals surface area contributed by atoms with Crippen molar-refractivity contribution in [3.05, 3.63) is 35.9 Å². The summed E-state index contributed by atoms with van der Waals surface area (Å²) in [5.74, 6) is 0.999. The fourth-order valence-corrected chi connectivity index (χ4v) is 3.19. The van der Waals surface area contributed by atoms with Crippen LogP contribution in [0.1, 0.15) is 26.3 Å². The van der Waals surface area contributed by atoms with Crippen molar-refractivity contribution in [3.63, 3.8) is 0 Å². The minimum atomic E-state index is -0.170. The van der Waals surface area contributed by atoms with Crippen molar-refractivity contribution in [2.45, 2.75) is 39.0 Å². The number of aromatic nitrogens is 1. The molecule has 0 radical (unpaired) electrons. The third-order valence-corrected chi connectivity index (χ3v) is 3.87. The van der Waals surface area contributed by atoms with E-state index in [1.807, 2.05) is 18.2 Å². The molecule has 4 nitrogen and oxygen atoms in total. The van der Waals surface area contributed by atoms with Gasteiger partial charge in [-0.1, -0.05) is 18.2 Å². The lowest BCUT2D eigenvalue weighted by Gasteiger charge is -2.42. The van der Waals surface area contributed by atoms with Gasteiger partial charge < -0.3 is 15.4 Å². The quantitative estimate of drug-likeness (QED) is 0.921. The Morgan fingerprint density at radius 1 is 1.38 bits per heavy atom. The van der Waals surface area contributed by atoms with Crippen LogP contribution in [0.3, 0.4) is 0 Å². The van der Waals surface area contributed by atoms with Gasteiger partial charge in [-0.25, -0.2) is 4.98 Å². The van der Waals surface area contributed by atoms with Gasteiger partial charge in [-0.05, 0) is 32.9 Å². The van der Waals surface area contributed by atoms with Crippen LogP contribution >= 0.6 is 0 Å². The Morgan fingerprint density at radius 3 is 2.86 bits per heavy atom. The first-order valence-electron chi connectivity index (χ1n) is 7.50. The topological polar surface area (TPSA) is 51.4 Å². The van der Waals surface area contributed by atoms with Crippen molar-refractivity contribution in [2.24, 2.45) is 5.73 Å². The summed E-state index contributed by atoms with van der Waals surface area (Å²) in [6.07, 6.45) is 0.188. The van der Waals surface area contributed by atoms with Crippen LogP contribution in [-0.4, -0.2) is 29.8 Å². The Morgan fingerprint density at radius 2 is 2.14 bits per heavy atom. The summed E-state index contributed by atoms with van der Waals surface area (Å²) in [5, 5.41) is 1.14. The average molecular weight is 285 g/mol. The predicted molar refractivity (Wildman–Crippen MR) is 86.5 cm³/mol. The number of hydrogen-bond donors (Lipinski definition) is 1. The van der Waals surface area contributed by atoms with Gasteiger partial charge in [0.2, 0.25) is 0 Å². The standard InChI is InChI=1S/C17H23N3O/c1-12-10-20(11-17(2,3)21-12)16-14(9-18)8-13-6-4-5-7-15(13)19-16/h4-8,12H,9-11,18H2,1-3H3. The van der Waals surface area contributed by atoms with E-state index in [2.05, 4.69) is 37.8 Å². The molecule has 1 aromatic heterocycles. The summed E-state index contributed by atoms with van der Waals surface area (Å²) in [6.45, 7) is 8.53. The maximum absolute atomic E-state index is 5.99. The van der Waals surface area contributed by atoms with Crippen molar-refractivity contribution in [2.75, 3.05) is 18.0 Å². The first-order chi connectivity index (χ1) is 9.98. The lowest BCUT2D eigenvalue weighted by atomic mass is 10.0. The molecule has 0 amide bonds. The van der Waals surface area contributed by atoms with Gasteiger partial charge in [-0.2, -0.15) is 0 Å². The van der Waals surface area contributed by atoms with E-state index in [-0.39, 0.29) is 11.7 Å². The summed E-state index contributed by atoms with van der Waals surface area (Å²) in [7, 11) is 0. The zero-order valence-corrected chi connectivity index (χ0v) is 13.0. The summed E-state index contributed by atoms with van der Waals surface area (Å²) in [4.78, 5) is 7.17. The number of rotatable bonds is 2. The summed E-state index contributed by atoms with van der Waals surface area (Å²) in [5.41, 5.74) is 7.89. The molecule has 4 heteroatoms. The fourth-order valence-electron chi connectivity index (χ4n) is 3.19. The Hall–Kier alpha value is -1.65. The van der Waals surface area contributed by atoms with Crippen LogP contribution < -0.4 is 10.6 Å². The highest BCUT2D eigenvalue weighted by atomic mass is 16.5. The van der Waals surface area contributed by atoms with E-state index in [1.54, 1.807) is 0 Å². The Bertz CT molecular complexity index is 654. The molecule has 1 aliphatic heterocycles. The second kappa shape index (κ2) is 5.28. The molecule has 1 atom stereocenters. The number of fused-ring (bicyclic) bond motifs is 1. The van der Waals surface area contributed by atoms with Gasteiger partial charge in [0, 0.05) is 30.6 Å². The van der Waals surface area contributed by atoms with E-state index < -0.39 is 0 Å². The fraction of sp³-hybridized carbons (Fsp3) is 0.471. The smallest absolute Gasteiger partial charge is 0.133 e. The molecule has 1 aliphatic rings. The average Bonchev–Trinajstić information content (AvgIpc) is 2.43. The number of anilines is 1. The minimum absolute atomic E-state index is 0.170. The number of nitrogens with two attached hydrogens (primary N) is 1. The zero-order chi connectivity index (χ0) is 15.0. The third kappa shape index (κ3) is 2.87. The van der Waals surface area contributed by atoms with E-state index in [0.717, 1.165) is 35.4 Å². The SMILES string of the molecule is CC1CN(c2nc3ccccc3cc2CN)CC(C)(C)O1. The van der Waals surface area contributed by atoms with Crippen LogP contribution in [0.2, 0.25) is 0 Å². The second-order valence-corrected chi connectivity index (χ2v) is 6.44. The van der Waals surface area contributed by atoms with E-state index in [4.69, 9.17) is 15.5 Å². The van der Waals surface area contributed by atoms with Crippen LogP contribution in [0, 0.1) is 0 Å². The molecule has 21 heavy (non-hydrogen) atoms. The zero-order valence-electron chi connectivity index (χ0n) is 13.0. The van der Waals surface area contributed by atoms with E-state index in [9.17, 15) is 0 Å². The van der Waals surface area contributed by atoms with E-state index in [0.29, 0.717) is 6.54 Å². The van der Waals surface area contributed by atoms with E-state index >= 15 is 0 Å². The van der Waals surface area contributed by atoms with Crippen molar-refractivity contribution in [3.8, 4) is 0 Å². The maximum Gasteiger partial charge on any atom is 0.133 e. The molecular formula is C17H23N3O. The van der Waals surface area contributed by atoms with Crippen molar-refractivity contribution in [1.82, 2.24) is 4.98 Å². The van der Waals surface area contributed by atoms with Crippen molar-refractivity contribution < 1.29 is 4.74 Å². The molecule has 0 saturated carbocycles. The second-order valence-electron chi connectivity index (χ2n) is 6.44. The minimum Gasteiger partial charge on any atom is -0.369 e. The molecule has 1 unspecified atom stereocenters. The molecule has 3 rings (SSSR count). The van der Waals surface area contributed by atoms with E-state index in [1.165, 1.54) is 0 Å². The Kier molecular flexibility index (Phi) is 3.59. The van der Waals surface area contributed by atoms with Gasteiger partial charge in [0.15, 0.2) is 0 Å². The number of morpholine rings is 1. The number of benzene rings is 1. The predicted octanol–water partition coefficient (Wildman–Crippen LogP) is 2.70. The highest BCUT2D eigenvalue weighted by molar-refractivity contribution is 5.81.